The first kappa shape index (κ1) is 16.8. The fourth-order valence-corrected chi connectivity index (χ4v) is 3.12. The summed E-state index contributed by atoms with van der Waals surface area (Å²) in [6.07, 6.45) is 8.12. The molecule has 1 saturated heterocycles. The second kappa shape index (κ2) is 8.76. The van der Waals surface area contributed by atoms with Crippen LogP contribution in [0.5, 0.6) is 0 Å². The highest BCUT2D eigenvalue weighted by Crippen LogP contribution is 2.17. The lowest BCUT2D eigenvalue weighted by atomic mass is 10.1. The summed E-state index contributed by atoms with van der Waals surface area (Å²) in [4.78, 5) is 37.1. The van der Waals surface area contributed by atoms with Crippen LogP contribution in [-0.4, -0.2) is 48.3 Å². The van der Waals surface area contributed by atoms with Crippen LogP contribution < -0.4 is 10.6 Å². The molecule has 0 aromatic carbocycles. The van der Waals surface area contributed by atoms with E-state index in [1.54, 1.807) is 4.90 Å². The number of rotatable bonds is 4. The van der Waals surface area contributed by atoms with Crippen molar-refractivity contribution >= 4 is 17.7 Å². The van der Waals surface area contributed by atoms with E-state index >= 15 is 0 Å². The smallest absolute Gasteiger partial charge is 0.239 e. The summed E-state index contributed by atoms with van der Waals surface area (Å²) in [5, 5.41) is 5.79. The van der Waals surface area contributed by atoms with Crippen molar-refractivity contribution in [2.24, 2.45) is 0 Å². The van der Waals surface area contributed by atoms with Gasteiger partial charge < -0.3 is 15.5 Å². The Balaban J connectivity index is 1.70. The Kier molecular flexibility index (Phi) is 6.68. The number of nitrogens with zero attached hydrogens (tertiary/aromatic N) is 1. The molecule has 0 aromatic heterocycles. The Hall–Kier alpha value is -1.59. The highest BCUT2D eigenvalue weighted by atomic mass is 16.2. The van der Waals surface area contributed by atoms with Crippen LogP contribution in [0.25, 0.3) is 0 Å². The second-order valence-electron chi connectivity index (χ2n) is 6.27. The molecule has 1 heterocycles. The summed E-state index contributed by atoms with van der Waals surface area (Å²) in [6.45, 7) is 1.32. The summed E-state index contributed by atoms with van der Waals surface area (Å²) >= 11 is 0. The van der Waals surface area contributed by atoms with E-state index in [1.807, 2.05) is 0 Å². The normalized spacial score (nSPS) is 20.7. The molecule has 0 aromatic rings. The maximum atomic E-state index is 12.1. The van der Waals surface area contributed by atoms with E-state index in [1.165, 1.54) is 25.7 Å². The molecule has 2 N–H and O–H groups in total. The lowest BCUT2D eigenvalue weighted by molar-refractivity contribution is -0.136. The van der Waals surface area contributed by atoms with Gasteiger partial charge in [-0.15, -0.1) is 0 Å². The standard InChI is InChI=1S/C16H27N3O3/c20-14(18-13-6-3-1-2-4-7-13)8-9-16(22)19-11-5-10-17-15(21)12-19/h13H,1-12H2,(H,17,21)(H,18,20). The molecule has 0 bridgehead atoms. The summed E-state index contributed by atoms with van der Waals surface area (Å²) in [6, 6.07) is 0.272. The monoisotopic (exact) mass is 309 g/mol. The predicted molar refractivity (Wildman–Crippen MR) is 83.1 cm³/mol. The summed E-state index contributed by atoms with van der Waals surface area (Å²) < 4.78 is 0. The third-order valence-electron chi connectivity index (χ3n) is 4.40. The van der Waals surface area contributed by atoms with Gasteiger partial charge in [-0.2, -0.15) is 0 Å². The van der Waals surface area contributed by atoms with E-state index < -0.39 is 0 Å². The van der Waals surface area contributed by atoms with Crippen molar-refractivity contribution in [1.29, 1.82) is 0 Å². The number of hydrogen-bond donors (Lipinski definition) is 2. The first-order chi connectivity index (χ1) is 10.6. The van der Waals surface area contributed by atoms with Gasteiger partial charge in [0.1, 0.15) is 0 Å². The first-order valence-electron chi connectivity index (χ1n) is 8.49. The zero-order valence-corrected chi connectivity index (χ0v) is 13.2. The topological polar surface area (TPSA) is 78.5 Å². The van der Waals surface area contributed by atoms with Gasteiger partial charge in [0.2, 0.25) is 17.7 Å². The minimum Gasteiger partial charge on any atom is -0.354 e. The molecular formula is C16H27N3O3. The third kappa shape index (κ3) is 5.66. The molecule has 124 valence electrons. The maximum absolute atomic E-state index is 12.1. The van der Waals surface area contributed by atoms with Crippen LogP contribution in [0, 0.1) is 0 Å². The molecule has 2 rings (SSSR count). The van der Waals surface area contributed by atoms with E-state index in [0.717, 1.165) is 19.3 Å². The highest BCUT2D eigenvalue weighted by Gasteiger charge is 2.21. The zero-order valence-electron chi connectivity index (χ0n) is 13.2. The van der Waals surface area contributed by atoms with Crippen LogP contribution in [0.4, 0.5) is 0 Å². The zero-order chi connectivity index (χ0) is 15.8. The first-order valence-corrected chi connectivity index (χ1v) is 8.49. The minimum absolute atomic E-state index is 0.0421. The van der Waals surface area contributed by atoms with Gasteiger partial charge in [-0.1, -0.05) is 25.7 Å². The number of carbonyl (C=O) groups is 3. The number of amides is 3. The van der Waals surface area contributed by atoms with Gasteiger partial charge in [0.25, 0.3) is 0 Å². The molecule has 22 heavy (non-hydrogen) atoms. The third-order valence-corrected chi connectivity index (χ3v) is 4.40. The largest absolute Gasteiger partial charge is 0.354 e. The summed E-state index contributed by atoms with van der Waals surface area (Å²) in [5.74, 6) is -0.263. The molecule has 2 aliphatic rings. The van der Waals surface area contributed by atoms with E-state index in [4.69, 9.17) is 0 Å². The Morgan fingerprint density at radius 2 is 1.82 bits per heavy atom. The molecule has 1 aliphatic carbocycles. The Morgan fingerprint density at radius 1 is 1.09 bits per heavy atom. The van der Waals surface area contributed by atoms with Crippen molar-refractivity contribution in [3.8, 4) is 0 Å². The molecule has 0 atom stereocenters. The van der Waals surface area contributed by atoms with E-state index in [9.17, 15) is 14.4 Å². The van der Waals surface area contributed by atoms with Crippen molar-refractivity contribution in [2.45, 2.75) is 63.8 Å². The summed E-state index contributed by atoms with van der Waals surface area (Å²) in [5.41, 5.74) is 0. The highest BCUT2D eigenvalue weighted by molar-refractivity contribution is 5.87. The quantitative estimate of drug-likeness (QED) is 0.759. The Bertz CT molecular complexity index is 403. The van der Waals surface area contributed by atoms with Crippen LogP contribution in [0.1, 0.15) is 57.8 Å². The summed E-state index contributed by atoms with van der Waals surface area (Å²) in [7, 11) is 0. The van der Waals surface area contributed by atoms with E-state index in [0.29, 0.717) is 13.1 Å². The second-order valence-corrected chi connectivity index (χ2v) is 6.27. The molecule has 0 radical (unpaired) electrons. The minimum atomic E-state index is -0.117. The fourth-order valence-electron chi connectivity index (χ4n) is 3.12. The van der Waals surface area contributed by atoms with Gasteiger partial charge in [0, 0.05) is 32.0 Å². The number of carbonyl (C=O) groups excluding carboxylic acids is 3. The van der Waals surface area contributed by atoms with Gasteiger partial charge >= 0.3 is 0 Å². The van der Waals surface area contributed by atoms with Crippen molar-refractivity contribution < 1.29 is 14.4 Å². The average molecular weight is 309 g/mol. The SMILES string of the molecule is O=C1CN(C(=O)CCC(=O)NC2CCCCCC2)CCCN1. The van der Waals surface area contributed by atoms with Crippen molar-refractivity contribution in [2.75, 3.05) is 19.6 Å². The maximum Gasteiger partial charge on any atom is 0.239 e. The molecule has 0 spiro atoms. The van der Waals surface area contributed by atoms with Crippen LogP contribution in [0.15, 0.2) is 0 Å². The van der Waals surface area contributed by atoms with Crippen molar-refractivity contribution in [1.82, 2.24) is 15.5 Å². The molecule has 0 unspecified atom stereocenters. The van der Waals surface area contributed by atoms with Crippen LogP contribution in [0.2, 0.25) is 0 Å². The van der Waals surface area contributed by atoms with Gasteiger partial charge in [0.15, 0.2) is 0 Å². The van der Waals surface area contributed by atoms with Gasteiger partial charge in [-0.05, 0) is 19.3 Å². The van der Waals surface area contributed by atoms with Crippen molar-refractivity contribution in [3.63, 3.8) is 0 Å². The predicted octanol–water partition coefficient (Wildman–Crippen LogP) is 0.954. The van der Waals surface area contributed by atoms with Crippen LogP contribution in [-0.2, 0) is 14.4 Å². The van der Waals surface area contributed by atoms with Gasteiger partial charge in [-0.3, -0.25) is 14.4 Å². The molecule has 1 saturated carbocycles. The molecule has 2 fully saturated rings. The Labute approximate surface area is 132 Å². The molecule has 1 aliphatic heterocycles. The Morgan fingerprint density at radius 3 is 2.55 bits per heavy atom. The lowest BCUT2D eigenvalue weighted by Gasteiger charge is -2.20. The van der Waals surface area contributed by atoms with Gasteiger partial charge in [0.05, 0.1) is 6.54 Å². The molecule has 6 nitrogen and oxygen atoms in total. The van der Waals surface area contributed by atoms with E-state index in [-0.39, 0.29) is 43.1 Å². The molecule has 3 amide bonds. The van der Waals surface area contributed by atoms with E-state index in [2.05, 4.69) is 10.6 Å². The number of nitrogens with one attached hydrogen (secondary N) is 2. The molecule has 6 heteroatoms. The van der Waals surface area contributed by atoms with Crippen molar-refractivity contribution in [3.05, 3.63) is 0 Å². The van der Waals surface area contributed by atoms with Crippen LogP contribution >= 0.6 is 0 Å². The van der Waals surface area contributed by atoms with Gasteiger partial charge in [-0.25, -0.2) is 0 Å². The lowest BCUT2D eigenvalue weighted by Crippen LogP contribution is -2.39. The van der Waals surface area contributed by atoms with Crippen LogP contribution in [0.3, 0.4) is 0 Å². The number of hydrogen-bond acceptors (Lipinski definition) is 3. The fraction of sp³-hybridized carbons (Fsp3) is 0.812. The molecular weight excluding hydrogens is 282 g/mol. The average Bonchev–Trinajstić information content (AvgIpc) is 2.87.